The molecule has 0 fully saturated rings. The number of imidazole rings is 1. The molecular weight excluding hydrogens is 248 g/mol. The van der Waals surface area contributed by atoms with Crippen molar-refractivity contribution in [3.05, 3.63) is 53.6 Å². The van der Waals surface area contributed by atoms with E-state index in [0.29, 0.717) is 6.54 Å². The molecule has 0 amide bonds. The molecule has 0 bridgehead atoms. The van der Waals surface area contributed by atoms with E-state index in [0.717, 1.165) is 37.6 Å². The number of benzene rings is 1. The van der Waals surface area contributed by atoms with Gasteiger partial charge in [-0.3, -0.25) is 4.90 Å². The minimum Gasteiger partial charge on any atom is -0.333 e. The lowest BCUT2D eigenvalue weighted by atomic mass is 10.1. The molecule has 2 N–H and O–H groups in total. The largest absolute Gasteiger partial charge is 0.333 e. The van der Waals surface area contributed by atoms with E-state index in [2.05, 4.69) is 44.5 Å². The molecule has 1 aromatic carbocycles. The number of hydrogen-bond donors (Lipinski definition) is 1. The van der Waals surface area contributed by atoms with Crippen LogP contribution in [0.2, 0.25) is 0 Å². The monoisotopic (exact) mass is 266 g/mol. The molecule has 102 valence electrons. The number of aromatic nitrogens is 2. The van der Waals surface area contributed by atoms with Crippen LogP contribution < -0.4 is 5.73 Å². The van der Waals surface area contributed by atoms with Gasteiger partial charge in [0.05, 0.1) is 13.1 Å². The van der Waals surface area contributed by atoms with E-state index in [-0.39, 0.29) is 0 Å². The molecule has 0 atom stereocenters. The summed E-state index contributed by atoms with van der Waals surface area (Å²) in [5.41, 5.74) is 7.79. The summed E-state index contributed by atoms with van der Waals surface area (Å²) in [7, 11) is 0. The quantitative estimate of drug-likeness (QED) is 0.831. The van der Waals surface area contributed by atoms with E-state index in [9.17, 15) is 0 Å². The van der Waals surface area contributed by atoms with Crippen LogP contribution in [0, 0.1) is 11.8 Å². The van der Waals surface area contributed by atoms with Gasteiger partial charge in [0.15, 0.2) is 0 Å². The predicted octanol–water partition coefficient (Wildman–Crippen LogP) is 1.21. The van der Waals surface area contributed by atoms with E-state index >= 15 is 0 Å². The standard InChI is InChI=1S/C16H18N4/c17-7-3-6-14-4-1-2-5-15(14)12-19-10-11-20-9-8-18-16(20)13-19/h1-2,4-5,8-9H,7,10-13,17H2. The second-order valence-electron chi connectivity index (χ2n) is 4.91. The van der Waals surface area contributed by atoms with Crippen molar-refractivity contribution in [1.82, 2.24) is 14.5 Å². The molecule has 0 spiro atoms. The first-order chi connectivity index (χ1) is 9.86. The Bertz CT molecular complexity index is 648. The van der Waals surface area contributed by atoms with Crippen molar-refractivity contribution in [2.75, 3.05) is 13.1 Å². The van der Waals surface area contributed by atoms with Crippen LogP contribution in [0.15, 0.2) is 36.7 Å². The molecular formula is C16H18N4. The average Bonchev–Trinajstić information content (AvgIpc) is 2.94. The second kappa shape index (κ2) is 5.91. The zero-order valence-electron chi connectivity index (χ0n) is 11.4. The van der Waals surface area contributed by atoms with Crippen LogP contribution in [0.3, 0.4) is 0 Å². The molecule has 1 aliphatic rings. The fraction of sp³-hybridized carbons (Fsp3) is 0.312. The van der Waals surface area contributed by atoms with Gasteiger partial charge in [-0.25, -0.2) is 4.98 Å². The zero-order chi connectivity index (χ0) is 13.8. The van der Waals surface area contributed by atoms with Gasteiger partial charge in [0.1, 0.15) is 5.82 Å². The zero-order valence-corrected chi connectivity index (χ0v) is 11.4. The summed E-state index contributed by atoms with van der Waals surface area (Å²) in [6.07, 6.45) is 3.92. The Morgan fingerprint density at radius 1 is 1.25 bits per heavy atom. The SMILES string of the molecule is NCC#Cc1ccccc1CN1CCn2ccnc2C1. The summed E-state index contributed by atoms with van der Waals surface area (Å²) in [6.45, 7) is 4.25. The van der Waals surface area contributed by atoms with E-state index < -0.39 is 0 Å². The van der Waals surface area contributed by atoms with Gasteiger partial charge >= 0.3 is 0 Å². The van der Waals surface area contributed by atoms with Crippen molar-refractivity contribution in [2.24, 2.45) is 5.73 Å². The molecule has 0 radical (unpaired) electrons. The van der Waals surface area contributed by atoms with Gasteiger partial charge in [-0.15, -0.1) is 0 Å². The summed E-state index contributed by atoms with van der Waals surface area (Å²) in [4.78, 5) is 6.81. The molecule has 2 heterocycles. The van der Waals surface area contributed by atoms with Gasteiger partial charge in [-0.05, 0) is 11.6 Å². The summed E-state index contributed by atoms with van der Waals surface area (Å²) in [5.74, 6) is 7.23. The summed E-state index contributed by atoms with van der Waals surface area (Å²) in [5, 5.41) is 0. The fourth-order valence-corrected chi connectivity index (χ4v) is 2.53. The fourth-order valence-electron chi connectivity index (χ4n) is 2.53. The maximum Gasteiger partial charge on any atom is 0.122 e. The highest BCUT2D eigenvalue weighted by Crippen LogP contribution is 2.16. The van der Waals surface area contributed by atoms with Crippen molar-refractivity contribution in [2.45, 2.75) is 19.6 Å². The van der Waals surface area contributed by atoms with Crippen molar-refractivity contribution in [1.29, 1.82) is 0 Å². The van der Waals surface area contributed by atoms with Crippen LogP contribution in [0.4, 0.5) is 0 Å². The van der Waals surface area contributed by atoms with Gasteiger partial charge in [0.25, 0.3) is 0 Å². The normalized spacial score (nSPS) is 14.4. The highest BCUT2D eigenvalue weighted by Gasteiger charge is 2.17. The minimum absolute atomic E-state index is 0.398. The van der Waals surface area contributed by atoms with Gasteiger partial charge in [-0.1, -0.05) is 30.0 Å². The lowest BCUT2D eigenvalue weighted by molar-refractivity contribution is 0.208. The highest BCUT2D eigenvalue weighted by atomic mass is 15.2. The molecule has 0 saturated heterocycles. The molecule has 3 rings (SSSR count). The Labute approximate surface area is 119 Å². The van der Waals surface area contributed by atoms with Crippen LogP contribution in [0.25, 0.3) is 0 Å². The van der Waals surface area contributed by atoms with Crippen molar-refractivity contribution < 1.29 is 0 Å². The van der Waals surface area contributed by atoms with Gasteiger partial charge < -0.3 is 10.3 Å². The van der Waals surface area contributed by atoms with Crippen LogP contribution in [-0.2, 0) is 19.6 Å². The maximum atomic E-state index is 5.46. The molecule has 2 aromatic rings. The highest BCUT2D eigenvalue weighted by molar-refractivity contribution is 5.41. The Kier molecular flexibility index (Phi) is 3.82. The van der Waals surface area contributed by atoms with Crippen molar-refractivity contribution in [3.63, 3.8) is 0 Å². The Morgan fingerprint density at radius 2 is 2.15 bits per heavy atom. The lowest BCUT2D eigenvalue weighted by Gasteiger charge is -2.27. The minimum atomic E-state index is 0.398. The van der Waals surface area contributed by atoms with E-state index in [1.165, 1.54) is 5.56 Å². The number of hydrogen-bond acceptors (Lipinski definition) is 3. The van der Waals surface area contributed by atoms with Crippen molar-refractivity contribution >= 4 is 0 Å². The van der Waals surface area contributed by atoms with E-state index in [1.54, 1.807) is 0 Å². The summed E-state index contributed by atoms with van der Waals surface area (Å²) >= 11 is 0. The van der Waals surface area contributed by atoms with Gasteiger partial charge in [-0.2, -0.15) is 0 Å². The first-order valence-corrected chi connectivity index (χ1v) is 6.86. The van der Waals surface area contributed by atoms with Crippen LogP contribution in [0.1, 0.15) is 17.0 Å². The first kappa shape index (κ1) is 12.9. The van der Waals surface area contributed by atoms with Crippen LogP contribution >= 0.6 is 0 Å². The molecule has 4 nitrogen and oxygen atoms in total. The van der Waals surface area contributed by atoms with E-state index in [4.69, 9.17) is 5.73 Å². The maximum absolute atomic E-state index is 5.46. The Morgan fingerprint density at radius 3 is 3.05 bits per heavy atom. The number of nitrogens with zero attached hydrogens (tertiary/aromatic N) is 3. The molecule has 20 heavy (non-hydrogen) atoms. The molecule has 1 aliphatic heterocycles. The summed E-state index contributed by atoms with van der Waals surface area (Å²) in [6, 6.07) is 8.28. The third kappa shape index (κ3) is 2.74. The number of fused-ring (bicyclic) bond motifs is 1. The first-order valence-electron chi connectivity index (χ1n) is 6.86. The van der Waals surface area contributed by atoms with Crippen molar-refractivity contribution in [3.8, 4) is 11.8 Å². The number of rotatable bonds is 2. The second-order valence-corrected chi connectivity index (χ2v) is 4.91. The van der Waals surface area contributed by atoms with Crippen LogP contribution in [0.5, 0.6) is 0 Å². The Hall–Kier alpha value is -2.09. The topological polar surface area (TPSA) is 47.1 Å². The smallest absolute Gasteiger partial charge is 0.122 e. The van der Waals surface area contributed by atoms with E-state index in [1.807, 2.05) is 18.5 Å². The van der Waals surface area contributed by atoms with Crippen LogP contribution in [-0.4, -0.2) is 27.5 Å². The molecule has 1 aromatic heterocycles. The third-order valence-corrected chi connectivity index (χ3v) is 3.56. The Balaban J connectivity index is 1.76. The average molecular weight is 266 g/mol. The summed E-state index contributed by atoms with van der Waals surface area (Å²) < 4.78 is 2.22. The predicted molar refractivity (Wildman–Crippen MR) is 78.7 cm³/mol. The lowest BCUT2D eigenvalue weighted by Crippen LogP contribution is -2.33. The molecule has 4 heteroatoms. The molecule has 0 aliphatic carbocycles. The number of nitrogens with two attached hydrogens (primary N) is 1. The van der Waals surface area contributed by atoms with Gasteiger partial charge in [0, 0.05) is 37.6 Å². The molecule has 0 unspecified atom stereocenters. The third-order valence-electron chi connectivity index (χ3n) is 3.56. The van der Waals surface area contributed by atoms with Gasteiger partial charge in [0.2, 0.25) is 0 Å². The molecule has 0 saturated carbocycles.